The lowest BCUT2D eigenvalue weighted by atomic mass is 10.1. The van der Waals surface area contributed by atoms with Crippen molar-refractivity contribution in [1.82, 2.24) is 10.6 Å². The molecule has 2 aromatic rings. The van der Waals surface area contributed by atoms with Gasteiger partial charge in [0.25, 0.3) is 5.91 Å². The molecule has 0 radical (unpaired) electrons. The van der Waals surface area contributed by atoms with Crippen LogP contribution in [0.1, 0.15) is 41.0 Å². The third-order valence-electron chi connectivity index (χ3n) is 3.90. The number of methoxy groups -OCH3 is 2. The first-order chi connectivity index (χ1) is 12.5. The number of hydrogen-bond acceptors (Lipinski definition) is 5. The number of nitrogens with one attached hydrogen (secondary N) is 2. The largest absolute Gasteiger partial charge is 0.493 e. The second-order valence-corrected chi connectivity index (χ2v) is 6.69. The smallest absolute Gasteiger partial charge is 0.261 e. The van der Waals surface area contributed by atoms with E-state index in [9.17, 15) is 9.59 Å². The van der Waals surface area contributed by atoms with Gasteiger partial charge in [-0.25, -0.2) is 0 Å². The number of carbonyl (C=O) groups is 2. The maximum absolute atomic E-state index is 12.1. The molecule has 0 saturated carbocycles. The van der Waals surface area contributed by atoms with Crippen molar-refractivity contribution in [3.63, 3.8) is 0 Å². The summed E-state index contributed by atoms with van der Waals surface area (Å²) in [6.45, 7) is 2.38. The number of ether oxygens (including phenoxy) is 2. The van der Waals surface area contributed by atoms with Crippen molar-refractivity contribution >= 4 is 23.2 Å². The van der Waals surface area contributed by atoms with Crippen LogP contribution in [-0.4, -0.2) is 32.6 Å². The Bertz CT molecular complexity index is 731. The van der Waals surface area contributed by atoms with E-state index in [1.54, 1.807) is 20.3 Å². The number of rotatable bonds is 9. The highest BCUT2D eigenvalue weighted by Gasteiger charge is 2.13. The van der Waals surface area contributed by atoms with Gasteiger partial charge in [-0.05, 0) is 42.5 Å². The van der Waals surface area contributed by atoms with Crippen LogP contribution in [0.5, 0.6) is 11.5 Å². The predicted molar refractivity (Wildman–Crippen MR) is 102 cm³/mol. The molecule has 2 N–H and O–H groups in total. The second kappa shape index (κ2) is 9.82. The lowest BCUT2D eigenvalue weighted by Crippen LogP contribution is -2.28. The van der Waals surface area contributed by atoms with E-state index in [-0.39, 0.29) is 17.9 Å². The molecular weight excluding hydrogens is 352 g/mol. The fraction of sp³-hybridized carbons (Fsp3) is 0.368. The lowest BCUT2D eigenvalue weighted by molar-refractivity contribution is -0.121. The van der Waals surface area contributed by atoms with E-state index in [2.05, 4.69) is 10.6 Å². The van der Waals surface area contributed by atoms with E-state index in [4.69, 9.17) is 9.47 Å². The Morgan fingerprint density at radius 2 is 1.92 bits per heavy atom. The van der Waals surface area contributed by atoms with Gasteiger partial charge in [0.15, 0.2) is 11.5 Å². The minimum absolute atomic E-state index is 0.0577. The molecule has 7 heteroatoms. The van der Waals surface area contributed by atoms with Crippen LogP contribution in [0.2, 0.25) is 0 Å². The van der Waals surface area contributed by atoms with Gasteiger partial charge in [-0.3, -0.25) is 9.59 Å². The molecule has 0 bridgehead atoms. The molecule has 0 aliphatic rings. The molecule has 1 atom stereocenters. The van der Waals surface area contributed by atoms with E-state index in [0.717, 1.165) is 5.56 Å². The molecular formula is C19H24N2O4S. The molecule has 0 spiro atoms. The summed E-state index contributed by atoms with van der Waals surface area (Å²) < 4.78 is 10.5. The van der Waals surface area contributed by atoms with Crippen LogP contribution in [-0.2, 0) is 4.79 Å². The van der Waals surface area contributed by atoms with Crippen LogP contribution in [0.4, 0.5) is 0 Å². The van der Waals surface area contributed by atoms with Crippen LogP contribution >= 0.6 is 11.3 Å². The first-order valence-electron chi connectivity index (χ1n) is 8.38. The summed E-state index contributed by atoms with van der Waals surface area (Å²) in [4.78, 5) is 24.6. The number of benzene rings is 1. The van der Waals surface area contributed by atoms with Gasteiger partial charge in [0.05, 0.1) is 25.1 Å². The molecule has 140 valence electrons. The average Bonchev–Trinajstić information content (AvgIpc) is 3.19. The molecule has 0 aliphatic heterocycles. The molecule has 1 aromatic heterocycles. The molecule has 1 unspecified atom stereocenters. The van der Waals surface area contributed by atoms with Crippen molar-refractivity contribution in [2.75, 3.05) is 20.8 Å². The SMILES string of the molecule is COc1ccc(C(C)NC(=O)CCCNC(=O)c2cccs2)cc1OC. The maximum Gasteiger partial charge on any atom is 0.261 e. The molecule has 0 saturated heterocycles. The summed E-state index contributed by atoms with van der Waals surface area (Å²) in [7, 11) is 3.16. The fourth-order valence-electron chi connectivity index (χ4n) is 2.46. The zero-order valence-corrected chi connectivity index (χ0v) is 16.0. The van der Waals surface area contributed by atoms with Gasteiger partial charge in [-0.15, -0.1) is 11.3 Å². The quantitative estimate of drug-likeness (QED) is 0.659. The molecule has 26 heavy (non-hydrogen) atoms. The lowest BCUT2D eigenvalue weighted by Gasteiger charge is -2.16. The van der Waals surface area contributed by atoms with Gasteiger partial charge in [0.1, 0.15) is 0 Å². The summed E-state index contributed by atoms with van der Waals surface area (Å²) in [5, 5.41) is 7.63. The molecule has 0 fully saturated rings. The van der Waals surface area contributed by atoms with Crippen LogP contribution in [0.15, 0.2) is 35.7 Å². The second-order valence-electron chi connectivity index (χ2n) is 5.74. The Kier molecular flexibility index (Phi) is 7.47. The molecule has 0 aliphatic carbocycles. The molecule has 2 amide bonds. The Balaban J connectivity index is 1.76. The maximum atomic E-state index is 12.1. The summed E-state index contributed by atoms with van der Waals surface area (Å²) in [5.74, 6) is 1.12. The fourth-order valence-corrected chi connectivity index (χ4v) is 3.10. The van der Waals surface area contributed by atoms with Gasteiger partial charge < -0.3 is 20.1 Å². The van der Waals surface area contributed by atoms with Crippen molar-refractivity contribution in [1.29, 1.82) is 0 Å². The highest BCUT2D eigenvalue weighted by atomic mass is 32.1. The van der Waals surface area contributed by atoms with Crippen molar-refractivity contribution in [3.05, 3.63) is 46.2 Å². The average molecular weight is 376 g/mol. The zero-order valence-electron chi connectivity index (χ0n) is 15.2. The van der Waals surface area contributed by atoms with E-state index in [1.165, 1.54) is 11.3 Å². The van der Waals surface area contributed by atoms with E-state index < -0.39 is 0 Å². The van der Waals surface area contributed by atoms with Crippen LogP contribution in [0.3, 0.4) is 0 Å². The van der Waals surface area contributed by atoms with Gasteiger partial charge in [-0.1, -0.05) is 12.1 Å². The first-order valence-corrected chi connectivity index (χ1v) is 9.26. The highest BCUT2D eigenvalue weighted by Crippen LogP contribution is 2.29. The number of amides is 2. The summed E-state index contributed by atoms with van der Waals surface area (Å²) in [6, 6.07) is 9.03. The van der Waals surface area contributed by atoms with Gasteiger partial charge >= 0.3 is 0 Å². The normalized spacial score (nSPS) is 11.5. The topological polar surface area (TPSA) is 76.7 Å². The zero-order chi connectivity index (χ0) is 18.9. The Morgan fingerprint density at radius 3 is 2.58 bits per heavy atom. The van der Waals surface area contributed by atoms with E-state index in [1.807, 2.05) is 36.6 Å². The van der Waals surface area contributed by atoms with Crippen LogP contribution < -0.4 is 20.1 Å². The van der Waals surface area contributed by atoms with E-state index >= 15 is 0 Å². The monoisotopic (exact) mass is 376 g/mol. The standard InChI is InChI=1S/C19H24N2O4S/c1-13(14-8-9-15(24-2)16(12-14)25-3)21-18(22)7-4-10-20-19(23)17-6-5-11-26-17/h5-6,8-9,11-13H,4,7,10H2,1-3H3,(H,20,23)(H,21,22). The Morgan fingerprint density at radius 1 is 1.15 bits per heavy atom. The molecule has 2 rings (SSSR count). The minimum Gasteiger partial charge on any atom is -0.493 e. The van der Waals surface area contributed by atoms with Gasteiger partial charge in [0.2, 0.25) is 5.91 Å². The van der Waals surface area contributed by atoms with Crippen molar-refractivity contribution in [2.24, 2.45) is 0 Å². The molecule has 1 heterocycles. The highest BCUT2D eigenvalue weighted by molar-refractivity contribution is 7.12. The van der Waals surface area contributed by atoms with Gasteiger partial charge in [-0.2, -0.15) is 0 Å². The molecule has 6 nitrogen and oxygen atoms in total. The third-order valence-corrected chi connectivity index (χ3v) is 4.76. The van der Waals surface area contributed by atoms with Gasteiger partial charge in [0, 0.05) is 13.0 Å². The minimum atomic E-state index is -0.150. The first kappa shape index (κ1) is 19.8. The predicted octanol–water partition coefficient (Wildman–Crippen LogP) is 3.15. The van der Waals surface area contributed by atoms with Crippen molar-refractivity contribution in [2.45, 2.75) is 25.8 Å². The summed E-state index contributed by atoms with van der Waals surface area (Å²) >= 11 is 1.40. The Labute approximate surface area is 157 Å². The van der Waals surface area contributed by atoms with Crippen LogP contribution in [0.25, 0.3) is 0 Å². The Hall–Kier alpha value is -2.54. The third kappa shape index (κ3) is 5.49. The number of carbonyl (C=O) groups excluding carboxylic acids is 2. The molecule has 1 aromatic carbocycles. The van der Waals surface area contributed by atoms with Crippen LogP contribution in [0, 0.1) is 0 Å². The van der Waals surface area contributed by atoms with Crippen molar-refractivity contribution in [3.8, 4) is 11.5 Å². The van der Waals surface area contributed by atoms with E-state index in [0.29, 0.717) is 35.8 Å². The van der Waals surface area contributed by atoms with Crippen molar-refractivity contribution < 1.29 is 19.1 Å². The summed E-state index contributed by atoms with van der Waals surface area (Å²) in [5.41, 5.74) is 0.932. The number of hydrogen-bond donors (Lipinski definition) is 2. The summed E-state index contributed by atoms with van der Waals surface area (Å²) in [6.07, 6.45) is 0.934. The number of thiophene rings is 1.